The van der Waals surface area contributed by atoms with Crippen molar-refractivity contribution in [1.82, 2.24) is 9.97 Å². The molecular formula is C23H17N3O. The molecule has 3 aromatic carbocycles. The van der Waals surface area contributed by atoms with Crippen molar-refractivity contribution >= 4 is 28.5 Å². The number of aromatic nitrogens is 2. The van der Waals surface area contributed by atoms with Crippen LogP contribution in [-0.2, 0) is 6.42 Å². The highest BCUT2D eigenvalue weighted by atomic mass is 16.3. The third kappa shape index (κ3) is 2.91. The number of para-hydroxylation sites is 1. The minimum atomic E-state index is 0.226. The van der Waals surface area contributed by atoms with Crippen molar-refractivity contribution in [3.8, 4) is 17.1 Å². The Morgan fingerprint density at radius 3 is 2.63 bits per heavy atom. The molecule has 27 heavy (non-hydrogen) atoms. The summed E-state index contributed by atoms with van der Waals surface area (Å²) in [5.74, 6) is 1.62. The SMILES string of the molecule is Oc1ccc(-c2nc(Nc3ccc4c(c3)C=CC4)c3ccccc3n2)cc1. The first-order chi connectivity index (χ1) is 13.3. The first-order valence-corrected chi connectivity index (χ1v) is 8.89. The van der Waals surface area contributed by atoms with Gasteiger partial charge in [0, 0.05) is 16.6 Å². The number of rotatable bonds is 3. The first-order valence-electron chi connectivity index (χ1n) is 8.89. The molecule has 0 amide bonds. The van der Waals surface area contributed by atoms with Crippen molar-refractivity contribution in [2.24, 2.45) is 0 Å². The molecule has 0 saturated carbocycles. The highest BCUT2D eigenvalue weighted by Crippen LogP contribution is 2.30. The average molecular weight is 351 g/mol. The molecule has 4 aromatic rings. The minimum absolute atomic E-state index is 0.226. The molecule has 1 aromatic heterocycles. The van der Waals surface area contributed by atoms with E-state index in [9.17, 15) is 5.11 Å². The summed E-state index contributed by atoms with van der Waals surface area (Å²) < 4.78 is 0. The van der Waals surface area contributed by atoms with E-state index in [1.54, 1.807) is 12.1 Å². The number of benzene rings is 3. The fraction of sp³-hybridized carbons (Fsp3) is 0.0435. The minimum Gasteiger partial charge on any atom is -0.508 e. The summed E-state index contributed by atoms with van der Waals surface area (Å²) in [6.45, 7) is 0. The van der Waals surface area contributed by atoms with Crippen molar-refractivity contribution in [2.45, 2.75) is 6.42 Å². The van der Waals surface area contributed by atoms with Crippen LogP contribution in [0.25, 0.3) is 28.4 Å². The number of nitrogens with zero attached hydrogens (tertiary/aromatic N) is 2. The maximum absolute atomic E-state index is 9.54. The summed E-state index contributed by atoms with van der Waals surface area (Å²) in [5.41, 5.74) is 5.33. The van der Waals surface area contributed by atoms with Crippen molar-refractivity contribution in [3.05, 3.63) is 83.9 Å². The Bertz CT molecular complexity index is 1180. The van der Waals surface area contributed by atoms with E-state index in [-0.39, 0.29) is 5.75 Å². The van der Waals surface area contributed by atoms with Gasteiger partial charge in [0.25, 0.3) is 0 Å². The predicted octanol–water partition coefficient (Wildman–Crippen LogP) is 5.32. The Morgan fingerprint density at radius 2 is 1.74 bits per heavy atom. The van der Waals surface area contributed by atoms with Crippen LogP contribution in [0.15, 0.2) is 72.8 Å². The fourth-order valence-electron chi connectivity index (χ4n) is 3.37. The van der Waals surface area contributed by atoms with Crippen molar-refractivity contribution in [2.75, 3.05) is 5.32 Å². The Kier molecular flexibility index (Phi) is 3.61. The van der Waals surface area contributed by atoms with E-state index in [2.05, 4.69) is 35.7 Å². The lowest BCUT2D eigenvalue weighted by molar-refractivity contribution is 0.475. The second kappa shape index (κ2) is 6.25. The summed E-state index contributed by atoms with van der Waals surface area (Å²) in [5, 5.41) is 14.0. The van der Waals surface area contributed by atoms with Crippen LogP contribution in [0.2, 0.25) is 0 Å². The Labute approximate surface area is 156 Å². The Morgan fingerprint density at radius 1 is 0.889 bits per heavy atom. The van der Waals surface area contributed by atoms with Crippen LogP contribution in [0.3, 0.4) is 0 Å². The smallest absolute Gasteiger partial charge is 0.162 e. The van der Waals surface area contributed by atoms with Crippen LogP contribution >= 0.6 is 0 Å². The third-order valence-electron chi connectivity index (χ3n) is 4.77. The maximum Gasteiger partial charge on any atom is 0.162 e. The molecule has 5 rings (SSSR count). The highest BCUT2D eigenvalue weighted by molar-refractivity contribution is 5.92. The van der Waals surface area contributed by atoms with Crippen LogP contribution in [0, 0.1) is 0 Å². The van der Waals surface area contributed by atoms with Gasteiger partial charge in [-0.3, -0.25) is 0 Å². The molecule has 0 saturated heterocycles. The summed E-state index contributed by atoms with van der Waals surface area (Å²) in [6.07, 6.45) is 5.33. The van der Waals surface area contributed by atoms with E-state index in [0.29, 0.717) is 5.82 Å². The standard InChI is InChI=1S/C23H17N3O/c27-19-12-9-16(10-13-19)22-25-21-7-2-1-6-20(21)23(26-22)24-18-11-8-15-4-3-5-17(15)14-18/h1-3,5-14,27H,4H2,(H,24,25,26). The molecule has 0 spiro atoms. The number of phenols is 1. The molecule has 0 radical (unpaired) electrons. The molecule has 2 N–H and O–H groups in total. The molecule has 1 aliphatic rings. The predicted molar refractivity (Wildman–Crippen MR) is 109 cm³/mol. The van der Waals surface area contributed by atoms with E-state index in [0.717, 1.165) is 34.4 Å². The summed E-state index contributed by atoms with van der Waals surface area (Å²) >= 11 is 0. The van der Waals surface area contributed by atoms with Gasteiger partial charge < -0.3 is 10.4 Å². The zero-order valence-corrected chi connectivity index (χ0v) is 14.6. The number of aromatic hydroxyl groups is 1. The summed E-state index contributed by atoms with van der Waals surface area (Å²) in [7, 11) is 0. The lowest BCUT2D eigenvalue weighted by Crippen LogP contribution is -1.99. The molecule has 1 heterocycles. The Hall–Kier alpha value is -3.66. The largest absolute Gasteiger partial charge is 0.508 e. The zero-order valence-electron chi connectivity index (χ0n) is 14.6. The zero-order chi connectivity index (χ0) is 18.2. The van der Waals surface area contributed by atoms with Crippen LogP contribution in [-0.4, -0.2) is 15.1 Å². The van der Waals surface area contributed by atoms with Crippen LogP contribution in [0.5, 0.6) is 5.75 Å². The molecule has 0 unspecified atom stereocenters. The van der Waals surface area contributed by atoms with Crippen LogP contribution in [0.4, 0.5) is 11.5 Å². The number of nitrogens with one attached hydrogen (secondary N) is 1. The summed E-state index contributed by atoms with van der Waals surface area (Å²) in [6, 6.07) is 21.3. The normalized spacial score (nSPS) is 12.3. The van der Waals surface area contributed by atoms with Crippen LogP contribution < -0.4 is 5.32 Å². The van der Waals surface area contributed by atoms with E-state index in [1.165, 1.54) is 11.1 Å². The number of hydrogen-bond donors (Lipinski definition) is 2. The Balaban J connectivity index is 1.62. The third-order valence-corrected chi connectivity index (χ3v) is 4.77. The molecule has 0 atom stereocenters. The monoisotopic (exact) mass is 351 g/mol. The molecule has 130 valence electrons. The number of anilines is 2. The topological polar surface area (TPSA) is 58.0 Å². The lowest BCUT2D eigenvalue weighted by Gasteiger charge is -2.12. The molecule has 4 nitrogen and oxygen atoms in total. The van der Waals surface area contributed by atoms with Crippen molar-refractivity contribution in [1.29, 1.82) is 0 Å². The first kappa shape index (κ1) is 15.6. The number of phenolic OH excluding ortho intramolecular Hbond substituents is 1. The van der Waals surface area contributed by atoms with Crippen molar-refractivity contribution in [3.63, 3.8) is 0 Å². The number of allylic oxidation sites excluding steroid dienone is 1. The fourth-order valence-corrected chi connectivity index (χ4v) is 3.37. The lowest BCUT2D eigenvalue weighted by atomic mass is 10.1. The van der Waals surface area contributed by atoms with Gasteiger partial charge in [0.05, 0.1) is 5.52 Å². The van der Waals surface area contributed by atoms with Gasteiger partial charge in [-0.05, 0) is 66.1 Å². The van der Waals surface area contributed by atoms with E-state index in [1.807, 2.05) is 36.4 Å². The van der Waals surface area contributed by atoms with Gasteiger partial charge in [-0.25, -0.2) is 9.97 Å². The maximum atomic E-state index is 9.54. The van der Waals surface area contributed by atoms with Gasteiger partial charge in [-0.2, -0.15) is 0 Å². The molecule has 1 aliphatic carbocycles. The quantitative estimate of drug-likeness (QED) is 0.525. The van der Waals surface area contributed by atoms with Crippen molar-refractivity contribution < 1.29 is 5.11 Å². The van der Waals surface area contributed by atoms with Gasteiger partial charge in [0.1, 0.15) is 11.6 Å². The molecule has 0 fully saturated rings. The molecular weight excluding hydrogens is 334 g/mol. The second-order valence-corrected chi connectivity index (χ2v) is 6.60. The van der Waals surface area contributed by atoms with Gasteiger partial charge in [0.2, 0.25) is 0 Å². The van der Waals surface area contributed by atoms with Gasteiger partial charge in [0.15, 0.2) is 5.82 Å². The molecule has 0 bridgehead atoms. The van der Waals surface area contributed by atoms with E-state index in [4.69, 9.17) is 9.97 Å². The second-order valence-electron chi connectivity index (χ2n) is 6.60. The van der Waals surface area contributed by atoms with E-state index >= 15 is 0 Å². The van der Waals surface area contributed by atoms with Gasteiger partial charge in [-0.15, -0.1) is 0 Å². The van der Waals surface area contributed by atoms with Crippen LogP contribution in [0.1, 0.15) is 11.1 Å². The molecule has 4 heteroatoms. The van der Waals surface area contributed by atoms with E-state index < -0.39 is 0 Å². The van der Waals surface area contributed by atoms with Gasteiger partial charge in [-0.1, -0.05) is 30.4 Å². The molecule has 0 aliphatic heterocycles. The highest BCUT2D eigenvalue weighted by Gasteiger charge is 2.11. The number of hydrogen-bond acceptors (Lipinski definition) is 4. The number of fused-ring (bicyclic) bond motifs is 2. The summed E-state index contributed by atoms with van der Waals surface area (Å²) in [4.78, 5) is 9.46. The average Bonchev–Trinajstić information content (AvgIpc) is 3.16. The van der Waals surface area contributed by atoms with Gasteiger partial charge >= 0.3 is 0 Å².